The number of carbonyl (C=O) groups excluding carboxylic acids is 1. The molecule has 0 saturated heterocycles. The highest BCUT2D eigenvalue weighted by Crippen LogP contribution is 2.61. The lowest BCUT2D eigenvalue weighted by Crippen LogP contribution is -2.48. The van der Waals surface area contributed by atoms with Gasteiger partial charge in [0.25, 0.3) is 0 Å². The summed E-state index contributed by atoms with van der Waals surface area (Å²) in [7, 11) is 0. The smallest absolute Gasteiger partial charge is 0.238 e. The predicted octanol–water partition coefficient (Wildman–Crippen LogP) is 5.70. The largest absolute Gasteiger partial charge is 0.296 e. The molecular weight excluding hydrogens is 367 g/mol. The van der Waals surface area contributed by atoms with Crippen molar-refractivity contribution in [3.63, 3.8) is 0 Å². The van der Waals surface area contributed by atoms with E-state index in [1.54, 1.807) is 12.1 Å². The Kier molecular flexibility index (Phi) is 4.39. The van der Waals surface area contributed by atoms with E-state index in [4.69, 9.17) is 34.8 Å². The normalized spacial score (nSPS) is 33.5. The lowest BCUT2D eigenvalue weighted by Gasteiger charge is -2.56. The third-order valence-electron chi connectivity index (χ3n) is 6.03. The van der Waals surface area contributed by atoms with Crippen LogP contribution in [-0.2, 0) is 4.79 Å². The Morgan fingerprint density at radius 1 is 1.00 bits per heavy atom. The number of hydrazine groups is 1. The highest BCUT2D eigenvalue weighted by atomic mass is 35.5. The lowest BCUT2D eigenvalue weighted by atomic mass is 9.49. The van der Waals surface area contributed by atoms with E-state index in [1.807, 2.05) is 0 Å². The number of hydrogen-bond acceptors (Lipinski definition) is 2. The van der Waals surface area contributed by atoms with Crippen molar-refractivity contribution < 1.29 is 4.79 Å². The summed E-state index contributed by atoms with van der Waals surface area (Å²) < 4.78 is 0. The first-order chi connectivity index (χ1) is 11.4. The van der Waals surface area contributed by atoms with Crippen molar-refractivity contribution >= 4 is 46.4 Å². The van der Waals surface area contributed by atoms with Crippen molar-refractivity contribution in [1.82, 2.24) is 5.43 Å². The van der Waals surface area contributed by atoms with Crippen LogP contribution in [0.1, 0.15) is 44.9 Å². The van der Waals surface area contributed by atoms with Gasteiger partial charge in [-0.2, -0.15) is 0 Å². The molecule has 1 aromatic carbocycles. The van der Waals surface area contributed by atoms with Gasteiger partial charge in [0, 0.05) is 11.4 Å². The van der Waals surface area contributed by atoms with E-state index in [0.29, 0.717) is 27.2 Å². The number of hydrogen-bond donors (Lipinski definition) is 2. The maximum absolute atomic E-state index is 12.5. The third kappa shape index (κ3) is 3.23. The fraction of sp³-hybridized carbons (Fsp3) is 0.611. The molecule has 1 amide bonds. The van der Waals surface area contributed by atoms with Crippen LogP contribution >= 0.6 is 34.8 Å². The van der Waals surface area contributed by atoms with E-state index >= 15 is 0 Å². The van der Waals surface area contributed by atoms with Gasteiger partial charge in [-0.05, 0) is 73.8 Å². The molecule has 0 atom stereocenters. The minimum absolute atomic E-state index is 0.0130. The lowest BCUT2D eigenvalue weighted by molar-refractivity contribution is -0.128. The zero-order valence-electron chi connectivity index (χ0n) is 13.4. The molecule has 6 heteroatoms. The Morgan fingerprint density at radius 3 is 2.00 bits per heavy atom. The molecule has 4 saturated carbocycles. The summed E-state index contributed by atoms with van der Waals surface area (Å²) >= 11 is 18.2. The number of rotatable bonds is 4. The minimum atomic E-state index is 0.0130. The summed E-state index contributed by atoms with van der Waals surface area (Å²) in [6.45, 7) is 0. The molecular formula is C18H21Cl3N2O. The molecule has 4 aliphatic rings. The molecule has 130 valence electrons. The Bertz CT molecular complexity index is 618. The van der Waals surface area contributed by atoms with Gasteiger partial charge < -0.3 is 0 Å². The number of benzene rings is 1. The fourth-order valence-electron chi connectivity index (χ4n) is 5.69. The molecule has 4 fully saturated rings. The second-order valence-electron chi connectivity index (χ2n) is 8.01. The van der Waals surface area contributed by atoms with Gasteiger partial charge in [-0.15, -0.1) is 0 Å². The third-order valence-corrected chi connectivity index (χ3v) is 6.85. The zero-order valence-corrected chi connectivity index (χ0v) is 15.6. The van der Waals surface area contributed by atoms with Gasteiger partial charge in [0.2, 0.25) is 5.91 Å². The first-order valence-electron chi connectivity index (χ1n) is 8.62. The quantitative estimate of drug-likeness (QED) is 0.651. The van der Waals surface area contributed by atoms with Crippen LogP contribution in [0.3, 0.4) is 0 Å². The fourth-order valence-corrected chi connectivity index (χ4v) is 6.60. The van der Waals surface area contributed by atoms with Gasteiger partial charge in [0.05, 0.1) is 15.7 Å². The van der Waals surface area contributed by atoms with Crippen LogP contribution in [0, 0.1) is 23.2 Å². The number of carbonyl (C=O) groups is 1. The van der Waals surface area contributed by atoms with Crippen LogP contribution in [0.15, 0.2) is 12.1 Å². The van der Waals surface area contributed by atoms with Crippen molar-refractivity contribution in [3.8, 4) is 0 Å². The maximum atomic E-state index is 12.5. The van der Waals surface area contributed by atoms with Crippen LogP contribution in [0.2, 0.25) is 15.1 Å². The molecule has 0 aromatic heterocycles. The number of nitrogens with one attached hydrogen (secondary N) is 2. The molecule has 0 aliphatic heterocycles. The average molecular weight is 388 g/mol. The average Bonchev–Trinajstić information content (AvgIpc) is 2.43. The van der Waals surface area contributed by atoms with E-state index in [0.717, 1.165) is 17.8 Å². The van der Waals surface area contributed by atoms with Crippen molar-refractivity contribution in [1.29, 1.82) is 0 Å². The Labute approximate surface area is 157 Å². The molecule has 0 spiro atoms. The zero-order chi connectivity index (χ0) is 16.9. The first-order valence-corrected chi connectivity index (χ1v) is 9.75. The monoisotopic (exact) mass is 386 g/mol. The van der Waals surface area contributed by atoms with Crippen LogP contribution in [0.25, 0.3) is 0 Å². The van der Waals surface area contributed by atoms with Crippen LogP contribution < -0.4 is 10.9 Å². The van der Waals surface area contributed by atoms with Gasteiger partial charge in [-0.3, -0.25) is 15.6 Å². The van der Waals surface area contributed by atoms with Crippen LogP contribution in [-0.4, -0.2) is 5.91 Å². The molecule has 3 nitrogen and oxygen atoms in total. The summed E-state index contributed by atoms with van der Waals surface area (Å²) in [5, 5.41) is 1.25. The Hall–Kier alpha value is -0.640. The minimum Gasteiger partial charge on any atom is -0.296 e. The van der Waals surface area contributed by atoms with E-state index in [9.17, 15) is 4.79 Å². The second-order valence-corrected chi connectivity index (χ2v) is 9.26. The SMILES string of the molecule is O=C(CC12CC3CC(CC(C3)C1)C2)NNc1c(Cl)cc(Cl)cc1Cl. The number of amides is 1. The molecule has 0 unspecified atom stereocenters. The molecule has 4 aliphatic carbocycles. The van der Waals surface area contributed by atoms with Crippen LogP contribution in [0.5, 0.6) is 0 Å². The molecule has 0 heterocycles. The number of anilines is 1. The van der Waals surface area contributed by atoms with Gasteiger partial charge in [-0.25, -0.2) is 0 Å². The maximum Gasteiger partial charge on any atom is 0.238 e. The molecule has 1 aromatic rings. The topological polar surface area (TPSA) is 41.1 Å². The van der Waals surface area contributed by atoms with E-state index in [1.165, 1.54) is 38.5 Å². The van der Waals surface area contributed by atoms with Crippen LogP contribution in [0.4, 0.5) is 5.69 Å². The summed E-state index contributed by atoms with van der Waals surface area (Å²) in [6, 6.07) is 3.20. The first kappa shape index (κ1) is 16.8. The van der Waals surface area contributed by atoms with E-state index in [2.05, 4.69) is 10.9 Å². The van der Waals surface area contributed by atoms with E-state index in [-0.39, 0.29) is 11.3 Å². The Morgan fingerprint density at radius 2 is 1.50 bits per heavy atom. The van der Waals surface area contributed by atoms with Gasteiger partial charge in [0.15, 0.2) is 0 Å². The second kappa shape index (κ2) is 6.26. The van der Waals surface area contributed by atoms with Crippen molar-refractivity contribution in [3.05, 3.63) is 27.2 Å². The van der Waals surface area contributed by atoms with Crippen molar-refractivity contribution in [2.75, 3.05) is 5.43 Å². The summed E-state index contributed by atoms with van der Waals surface area (Å²) in [5.74, 6) is 2.55. The highest BCUT2D eigenvalue weighted by molar-refractivity contribution is 6.41. The van der Waals surface area contributed by atoms with Gasteiger partial charge in [0.1, 0.15) is 0 Å². The molecule has 0 radical (unpaired) electrons. The highest BCUT2D eigenvalue weighted by Gasteiger charge is 2.51. The van der Waals surface area contributed by atoms with Crippen molar-refractivity contribution in [2.45, 2.75) is 44.9 Å². The molecule has 24 heavy (non-hydrogen) atoms. The Balaban J connectivity index is 1.39. The van der Waals surface area contributed by atoms with Crippen molar-refractivity contribution in [2.24, 2.45) is 23.2 Å². The van der Waals surface area contributed by atoms with Gasteiger partial charge >= 0.3 is 0 Å². The summed E-state index contributed by atoms with van der Waals surface area (Å²) in [4.78, 5) is 12.5. The predicted molar refractivity (Wildman–Crippen MR) is 98.5 cm³/mol. The molecule has 4 bridgehead atoms. The summed E-state index contributed by atoms with van der Waals surface area (Å²) in [6.07, 6.45) is 8.39. The van der Waals surface area contributed by atoms with E-state index < -0.39 is 0 Å². The van der Waals surface area contributed by atoms with Gasteiger partial charge in [-0.1, -0.05) is 34.8 Å². The number of halogens is 3. The molecule has 2 N–H and O–H groups in total. The standard InChI is InChI=1S/C18H21Cl3N2O/c19-13-4-14(20)17(15(21)5-13)23-22-16(24)9-18-6-10-1-11(7-18)3-12(2-10)8-18/h4-5,10-12,23H,1-3,6-9H2,(H,22,24). The summed E-state index contributed by atoms with van der Waals surface area (Å²) in [5.41, 5.74) is 6.35. The molecule has 5 rings (SSSR count).